The Morgan fingerprint density at radius 1 is 1.06 bits per heavy atom. The third kappa shape index (κ3) is 4.61. The van der Waals surface area contributed by atoms with E-state index in [2.05, 4.69) is 0 Å². The molecular weight excluding hydrogens is 414 g/mol. The maximum absolute atomic E-state index is 13.2. The number of para-hydroxylation sites is 2. The van der Waals surface area contributed by atoms with E-state index in [9.17, 15) is 13.2 Å². The molecule has 0 saturated carbocycles. The van der Waals surface area contributed by atoms with Gasteiger partial charge in [-0.05, 0) is 31.0 Å². The van der Waals surface area contributed by atoms with Crippen LogP contribution in [0.15, 0.2) is 46.9 Å². The van der Waals surface area contributed by atoms with Gasteiger partial charge in [-0.3, -0.25) is 4.79 Å². The minimum atomic E-state index is -3.33. The first-order chi connectivity index (χ1) is 14.7. The number of amides is 1. The van der Waals surface area contributed by atoms with Crippen LogP contribution in [0.5, 0.6) is 5.75 Å². The molecule has 1 aliphatic rings. The van der Waals surface area contributed by atoms with E-state index >= 15 is 0 Å². The predicted octanol–water partition coefficient (Wildman–Crippen LogP) is 4.28. The Morgan fingerprint density at radius 2 is 1.71 bits per heavy atom. The van der Waals surface area contributed by atoms with E-state index in [0.29, 0.717) is 42.5 Å². The number of benzene rings is 2. The van der Waals surface area contributed by atoms with Crippen LogP contribution < -0.4 is 4.74 Å². The SMILES string of the molecule is Cc1cccc(C)c1OC1CCN(C(=O)c2oc3ccccc3c2CS(C)(=O)=O)CC1. The van der Waals surface area contributed by atoms with Gasteiger partial charge in [0.05, 0.1) is 5.75 Å². The lowest BCUT2D eigenvalue weighted by Crippen LogP contribution is -2.42. The van der Waals surface area contributed by atoms with Crippen molar-refractivity contribution < 1.29 is 22.4 Å². The number of carbonyl (C=O) groups is 1. The van der Waals surface area contributed by atoms with Crippen LogP contribution in [0.25, 0.3) is 11.0 Å². The maximum Gasteiger partial charge on any atom is 0.289 e. The second-order valence-electron chi connectivity index (χ2n) is 8.31. The van der Waals surface area contributed by atoms with Crippen LogP contribution in [0.2, 0.25) is 0 Å². The molecule has 3 aromatic rings. The molecule has 1 fully saturated rings. The number of furan rings is 1. The molecular formula is C24H27NO5S. The van der Waals surface area contributed by atoms with Crippen LogP contribution >= 0.6 is 0 Å². The molecule has 2 aromatic carbocycles. The summed E-state index contributed by atoms with van der Waals surface area (Å²) in [5, 5.41) is 0.671. The fourth-order valence-electron chi connectivity index (χ4n) is 4.15. The third-order valence-electron chi connectivity index (χ3n) is 5.72. The summed E-state index contributed by atoms with van der Waals surface area (Å²) in [7, 11) is -3.33. The Labute approximate surface area is 182 Å². The summed E-state index contributed by atoms with van der Waals surface area (Å²) in [5.41, 5.74) is 3.17. The molecule has 1 aromatic heterocycles. The van der Waals surface area contributed by atoms with Gasteiger partial charge in [-0.15, -0.1) is 0 Å². The number of carbonyl (C=O) groups excluding carboxylic acids is 1. The monoisotopic (exact) mass is 441 g/mol. The third-order valence-corrected chi connectivity index (χ3v) is 6.53. The van der Waals surface area contributed by atoms with Crippen molar-refractivity contribution in [1.82, 2.24) is 4.90 Å². The molecule has 7 heteroatoms. The largest absolute Gasteiger partial charge is 0.490 e. The first-order valence-electron chi connectivity index (χ1n) is 10.4. The lowest BCUT2D eigenvalue weighted by molar-refractivity contribution is 0.0565. The van der Waals surface area contributed by atoms with E-state index in [4.69, 9.17) is 9.15 Å². The van der Waals surface area contributed by atoms with Crippen LogP contribution in [-0.4, -0.2) is 44.7 Å². The van der Waals surface area contributed by atoms with Crippen LogP contribution in [0.1, 0.15) is 40.1 Å². The molecule has 2 heterocycles. The van der Waals surface area contributed by atoms with Crippen molar-refractivity contribution >= 4 is 26.7 Å². The number of aryl methyl sites for hydroxylation is 2. The van der Waals surface area contributed by atoms with Gasteiger partial charge in [0.2, 0.25) is 0 Å². The first-order valence-corrected chi connectivity index (χ1v) is 12.5. The number of fused-ring (bicyclic) bond motifs is 1. The summed E-state index contributed by atoms with van der Waals surface area (Å²) >= 11 is 0. The van der Waals surface area contributed by atoms with E-state index < -0.39 is 9.84 Å². The molecule has 1 amide bonds. The highest BCUT2D eigenvalue weighted by molar-refractivity contribution is 7.89. The Kier molecular flexibility index (Phi) is 5.79. The molecule has 0 radical (unpaired) electrons. The number of nitrogens with zero attached hydrogens (tertiary/aromatic N) is 1. The lowest BCUT2D eigenvalue weighted by atomic mass is 10.1. The Hall–Kier alpha value is -2.80. The summed E-state index contributed by atoms with van der Waals surface area (Å²) in [5.74, 6) is 0.554. The zero-order chi connectivity index (χ0) is 22.2. The summed E-state index contributed by atoms with van der Waals surface area (Å²) in [6.07, 6.45) is 2.62. The Bertz CT molecular complexity index is 1200. The standard InChI is InChI=1S/C24H27NO5S/c1-16-7-6-8-17(2)22(16)29-18-11-13-25(14-12-18)24(26)23-20(15-31(3,27)28)19-9-4-5-10-21(19)30-23/h4-10,18H,11-15H2,1-3H3. The quantitative estimate of drug-likeness (QED) is 0.591. The summed E-state index contributed by atoms with van der Waals surface area (Å²) < 4.78 is 36.0. The van der Waals surface area contributed by atoms with Gasteiger partial charge >= 0.3 is 0 Å². The average molecular weight is 442 g/mol. The van der Waals surface area contributed by atoms with Crippen molar-refractivity contribution in [2.45, 2.75) is 38.5 Å². The molecule has 164 valence electrons. The van der Waals surface area contributed by atoms with Gasteiger partial charge in [0.25, 0.3) is 5.91 Å². The van der Waals surface area contributed by atoms with Crippen LogP contribution in [0.4, 0.5) is 0 Å². The van der Waals surface area contributed by atoms with Crippen molar-refractivity contribution in [3.63, 3.8) is 0 Å². The maximum atomic E-state index is 13.2. The number of piperidine rings is 1. The normalized spacial score (nSPS) is 15.4. The minimum Gasteiger partial charge on any atom is -0.490 e. The van der Waals surface area contributed by atoms with E-state index in [1.807, 2.05) is 38.1 Å². The average Bonchev–Trinajstić information content (AvgIpc) is 3.08. The van der Waals surface area contributed by atoms with E-state index in [-0.39, 0.29) is 23.5 Å². The highest BCUT2D eigenvalue weighted by Crippen LogP contribution is 2.30. The molecule has 1 aliphatic heterocycles. The van der Waals surface area contributed by atoms with Crippen LogP contribution in [-0.2, 0) is 15.6 Å². The molecule has 1 saturated heterocycles. The predicted molar refractivity (Wildman–Crippen MR) is 120 cm³/mol. The molecule has 0 N–H and O–H groups in total. The molecule has 0 atom stereocenters. The Balaban J connectivity index is 1.51. The van der Waals surface area contributed by atoms with Gasteiger partial charge < -0.3 is 14.1 Å². The number of hydrogen-bond donors (Lipinski definition) is 0. The van der Waals surface area contributed by atoms with E-state index in [0.717, 1.165) is 16.9 Å². The number of ether oxygens (including phenoxy) is 1. The molecule has 0 unspecified atom stereocenters. The number of hydrogen-bond acceptors (Lipinski definition) is 5. The minimum absolute atomic E-state index is 0.0370. The van der Waals surface area contributed by atoms with Crippen LogP contribution in [0, 0.1) is 13.8 Å². The van der Waals surface area contributed by atoms with Crippen molar-refractivity contribution in [3.8, 4) is 5.75 Å². The smallest absolute Gasteiger partial charge is 0.289 e. The lowest BCUT2D eigenvalue weighted by Gasteiger charge is -2.32. The van der Waals surface area contributed by atoms with Crippen molar-refractivity contribution in [2.24, 2.45) is 0 Å². The zero-order valence-electron chi connectivity index (χ0n) is 18.1. The highest BCUT2D eigenvalue weighted by atomic mass is 32.2. The first kappa shape index (κ1) is 21.4. The fourth-order valence-corrected chi connectivity index (χ4v) is 4.96. The van der Waals surface area contributed by atoms with Gasteiger partial charge in [-0.1, -0.05) is 36.4 Å². The van der Waals surface area contributed by atoms with Gasteiger partial charge in [0, 0.05) is 43.1 Å². The Morgan fingerprint density at radius 3 is 2.35 bits per heavy atom. The van der Waals surface area contributed by atoms with Gasteiger partial charge in [0.15, 0.2) is 15.6 Å². The molecule has 4 rings (SSSR count). The second kappa shape index (κ2) is 8.38. The summed E-state index contributed by atoms with van der Waals surface area (Å²) in [6, 6.07) is 13.2. The number of rotatable bonds is 5. The topological polar surface area (TPSA) is 76.8 Å². The summed E-state index contributed by atoms with van der Waals surface area (Å²) in [4.78, 5) is 15.0. The number of sulfone groups is 1. The van der Waals surface area contributed by atoms with Crippen LogP contribution in [0.3, 0.4) is 0 Å². The van der Waals surface area contributed by atoms with Crippen molar-refractivity contribution in [2.75, 3.05) is 19.3 Å². The zero-order valence-corrected chi connectivity index (χ0v) is 18.9. The van der Waals surface area contributed by atoms with Gasteiger partial charge in [0.1, 0.15) is 17.4 Å². The molecule has 31 heavy (non-hydrogen) atoms. The van der Waals surface area contributed by atoms with Gasteiger partial charge in [-0.25, -0.2) is 8.42 Å². The van der Waals surface area contributed by atoms with E-state index in [1.165, 1.54) is 6.26 Å². The molecule has 6 nitrogen and oxygen atoms in total. The van der Waals surface area contributed by atoms with Crippen molar-refractivity contribution in [3.05, 3.63) is 64.9 Å². The number of likely N-dealkylation sites (tertiary alicyclic amines) is 1. The molecule has 0 spiro atoms. The summed E-state index contributed by atoms with van der Waals surface area (Å²) in [6.45, 7) is 5.13. The molecule has 0 bridgehead atoms. The second-order valence-corrected chi connectivity index (χ2v) is 10.4. The fraction of sp³-hybridized carbons (Fsp3) is 0.375. The highest BCUT2D eigenvalue weighted by Gasteiger charge is 2.30. The van der Waals surface area contributed by atoms with E-state index in [1.54, 1.807) is 23.1 Å². The van der Waals surface area contributed by atoms with Gasteiger partial charge in [-0.2, -0.15) is 0 Å². The van der Waals surface area contributed by atoms with Crippen molar-refractivity contribution in [1.29, 1.82) is 0 Å². The molecule has 0 aliphatic carbocycles.